The predicted molar refractivity (Wildman–Crippen MR) is 258 cm³/mol. The van der Waals surface area contributed by atoms with E-state index in [1.807, 2.05) is 11.3 Å². The lowest BCUT2D eigenvalue weighted by Gasteiger charge is -2.18. The van der Waals surface area contributed by atoms with Gasteiger partial charge in [-0.2, -0.15) is 0 Å². The first kappa shape index (κ1) is 33.5. The van der Waals surface area contributed by atoms with Gasteiger partial charge in [-0.15, -0.1) is 11.3 Å². The molecule has 2 heterocycles. The van der Waals surface area contributed by atoms with Crippen molar-refractivity contribution in [2.24, 2.45) is 0 Å². The standard InChI is InChI=1S/C58H34OS/c1-2-16-35(17-3-1)53-38-19-4-8-23-42(38)55(43-24-9-5-20-39(43)53)48-28-15-30-50-57(48)47-33-32-36(34-51(47)59-50)54-40-21-6-10-25-44(40)56(45-26-11-7-22-41(45)54)49-29-14-27-46-37-18-12-13-31-52(37)60-58(46)49/h1-34H. The molecule has 0 aliphatic carbocycles. The molecule has 0 N–H and O–H groups in total. The second-order valence-corrected chi connectivity index (χ2v) is 16.9. The summed E-state index contributed by atoms with van der Waals surface area (Å²) in [5.74, 6) is 0. The van der Waals surface area contributed by atoms with E-state index in [-0.39, 0.29) is 0 Å². The van der Waals surface area contributed by atoms with E-state index in [0.29, 0.717) is 0 Å². The molecule has 0 unspecified atom stereocenters. The van der Waals surface area contributed by atoms with Gasteiger partial charge in [0.1, 0.15) is 11.2 Å². The molecule has 60 heavy (non-hydrogen) atoms. The number of hydrogen-bond acceptors (Lipinski definition) is 2. The SMILES string of the molecule is c1ccc(-c2c3ccccc3c(-c3cccc4oc5cc(-c6c7ccccc7c(-c7cccc8c7sc7ccccc78)c7ccccc67)ccc5c34)c3ccccc23)cc1. The van der Waals surface area contributed by atoms with Gasteiger partial charge in [-0.1, -0.05) is 182 Å². The van der Waals surface area contributed by atoms with Crippen molar-refractivity contribution in [3.8, 4) is 44.5 Å². The molecule has 11 aromatic carbocycles. The van der Waals surface area contributed by atoms with Crippen molar-refractivity contribution in [2.75, 3.05) is 0 Å². The van der Waals surface area contributed by atoms with Crippen LogP contribution in [-0.4, -0.2) is 0 Å². The molecule has 0 bridgehead atoms. The quantitative estimate of drug-likeness (QED) is 0.162. The topological polar surface area (TPSA) is 13.1 Å². The van der Waals surface area contributed by atoms with Gasteiger partial charge in [0.25, 0.3) is 0 Å². The van der Waals surface area contributed by atoms with Crippen LogP contribution in [0.3, 0.4) is 0 Å². The molecule has 2 aromatic heterocycles. The first-order valence-electron chi connectivity index (χ1n) is 20.6. The third-order valence-corrected chi connectivity index (χ3v) is 13.9. The van der Waals surface area contributed by atoms with Gasteiger partial charge in [0.15, 0.2) is 0 Å². The summed E-state index contributed by atoms with van der Waals surface area (Å²) < 4.78 is 9.54. The monoisotopic (exact) mass is 778 g/mol. The summed E-state index contributed by atoms with van der Waals surface area (Å²) in [4.78, 5) is 0. The van der Waals surface area contributed by atoms with Crippen molar-refractivity contribution in [3.05, 3.63) is 206 Å². The van der Waals surface area contributed by atoms with E-state index >= 15 is 0 Å². The molecule has 0 saturated heterocycles. The highest BCUT2D eigenvalue weighted by Crippen LogP contribution is 2.50. The molecule has 0 fully saturated rings. The first-order chi connectivity index (χ1) is 29.8. The molecule has 2 heteroatoms. The second kappa shape index (κ2) is 13.0. The summed E-state index contributed by atoms with van der Waals surface area (Å²) in [5, 5.41) is 14.8. The highest BCUT2D eigenvalue weighted by molar-refractivity contribution is 7.26. The van der Waals surface area contributed by atoms with Crippen LogP contribution in [0.5, 0.6) is 0 Å². The lowest BCUT2D eigenvalue weighted by atomic mass is 9.84. The van der Waals surface area contributed by atoms with Crippen LogP contribution in [0.25, 0.3) is 130 Å². The van der Waals surface area contributed by atoms with Crippen molar-refractivity contribution in [3.63, 3.8) is 0 Å². The van der Waals surface area contributed by atoms with Gasteiger partial charge in [0.2, 0.25) is 0 Å². The van der Waals surface area contributed by atoms with Crippen LogP contribution < -0.4 is 0 Å². The molecular weight excluding hydrogens is 745 g/mol. The van der Waals surface area contributed by atoms with E-state index in [1.54, 1.807) is 0 Å². The average molecular weight is 779 g/mol. The van der Waals surface area contributed by atoms with Crippen molar-refractivity contribution in [1.29, 1.82) is 0 Å². The Labute approximate surface area is 350 Å². The third kappa shape index (κ3) is 4.80. The Kier molecular flexibility index (Phi) is 7.24. The fourth-order valence-corrected chi connectivity index (χ4v) is 11.4. The van der Waals surface area contributed by atoms with Gasteiger partial charge >= 0.3 is 0 Å². The van der Waals surface area contributed by atoms with Gasteiger partial charge in [-0.25, -0.2) is 0 Å². The lowest BCUT2D eigenvalue weighted by molar-refractivity contribution is 0.669. The van der Waals surface area contributed by atoms with Crippen molar-refractivity contribution in [1.82, 2.24) is 0 Å². The zero-order valence-corrected chi connectivity index (χ0v) is 33.3. The molecule has 0 amide bonds. The highest BCUT2D eigenvalue weighted by atomic mass is 32.1. The minimum atomic E-state index is 0.886. The number of rotatable bonds is 4. The average Bonchev–Trinajstić information content (AvgIpc) is 3.89. The lowest BCUT2D eigenvalue weighted by Crippen LogP contribution is -1.91. The van der Waals surface area contributed by atoms with Gasteiger partial charge in [0, 0.05) is 36.5 Å². The number of benzene rings is 11. The molecule has 278 valence electrons. The van der Waals surface area contributed by atoms with Gasteiger partial charge < -0.3 is 4.42 Å². The number of furan rings is 1. The molecule has 0 atom stereocenters. The van der Waals surface area contributed by atoms with Gasteiger partial charge in [-0.05, 0) is 106 Å². The van der Waals surface area contributed by atoms with Crippen molar-refractivity contribution in [2.45, 2.75) is 0 Å². The van der Waals surface area contributed by atoms with Crippen molar-refractivity contribution < 1.29 is 4.42 Å². The molecular formula is C58H34OS. The molecule has 13 rings (SSSR count). The Morgan fingerprint density at radius 3 is 1.37 bits per heavy atom. The molecule has 0 radical (unpaired) electrons. The zero-order chi connectivity index (χ0) is 39.3. The van der Waals surface area contributed by atoms with Crippen LogP contribution in [0.2, 0.25) is 0 Å². The summed E-state index contributed by atoms with van der Waals surface area (Å²) in [6, 6.07) is 75.5. The summed E-state index contributed by atoms with van der Waals surface area (Å²) in [6.45, 7) is 0. The normalized spacial score (nSPS) is 12.0. The minimum Gasteiger partial charge on any atom is -0.456 e. The maximum atomic E-state index is 6.89. The van der Waals surface area contributed by atoms with E-state index in [9.17, 15) is 0 Å². The maximum Gasteiger partial charge on any atom is 0.136 e. The van der Waals surface area contributed by atoms with Crippen LogP contribution >= 0.6 is 11.3 Å². The summed E-state index contributed by atoms with van der Waals surface area (Å²) in [6.07, 6.45) is 0. The largest absolute Gasteiger partial charge is 0.456 e. The van der Waals surface area contributed by atoms with Crippen LogP contribution in [-0.2, 0) is 0 Å². The van der Waals surface area contributed by atoms with E-state index in [1.165, 1.54) is 102 Å². The number of hydrogen-bond donors (Lipinski definition) is 0. The Hall–Kier alpha value is -7.52. The van der Waals surface area contributed by atoms with Crippen LogP contribution in [0.1, 0.15) is 0 Å². The highest BCUT2D eigenvalue weighted by Gasteiger charge is 2.23. The number of fused-ring (bicyclic) bond motifs is 10. The van der Waals surface area contributed by atoms with E-state index in [0.717, 1.165) is 27.5 Å². The molecule has 13 aromatic rings. The summed E-state index contributed by atoms with van der Waals surface area (Å²) in [5.41, 5.74) is 11.6. The molecule has 0 spiro atoms. The van der Waals surface area contributed by atoms with E-state index in [2.05, 4.69) is 206 Å². The minimum absolute atomic E-state index is 0.886. The third-order valence-electron chi connectivity index (χ3n) is 12.7. The first-order valence-corrected chi connectivity index (χ1v) is 21.4. The fraction of sp³-hybridized carbons (Fsp3) is 0. The Bertz CT molecular complexity index is 3770. The molecule has 0 aliphatic rings. The Morgan fingerprint density at radius 2 is 0.750 bits per heavy atom. The van der Waals surface area contributed by atoms with Gasteiger partial charge in [0.05, 0.1) is 0 Å². The Morgan fingerprint density at radius 1 is 0.283 bits per heavy atom. The molecule has 0 saturated carbocycles. The molecule has 1 nitrogen and oxygen atoms in total. The molecule has 0 aliphatic heterocycles. The fourth-order valence-electron chi connectivity index (χ4n) is 10.2. The Balaban J connectivity index is 1.06. The van der Waals surface area contributed by atoms with Crippen LogP contribution in [0.4, 0.5) is 0 Å². The van der Waals surface area contributed by atoms with Crippen LogP contribution in [0, 0.1) is 0 Å². The van der Waals surface area contributed by atoms with Gasteiger partial charge in [-0.3, -0.25) is 0 Å². The summed E-state index contributed by atoms with van der Waals surface area (Å²) >= 11 is 1.89. The second-order valence-electron chi connectivity index (χ2n) is 15.8. The van der Waals surface area contributed by atoms with E-state index < -0.39 is 0 Å². The number of thiophene rings is 1. The zero-order valence-electron chi connectivity index (χ0n) is 32.4. The predicted octanol–water partition coefficient (Wildman–Crippen LogP) is 17.2. The van der Waals surface area contributed by atoms with E-state index in [4.69, 9.17) is 4.42 Å². The summed E-state index contributed by atoms with van der Waals surface area (Å²) in [7, 11) is 0. The van der Waals surface area contributed by atoms with Crippen molar-refractivity contribution >= 4 is 96.5 Å². The smallest absolute Gasteiger partial charge is 0.136 e. The maximum absolute atomic E-state index is 6.89. The van der Waals surface area contributed by atoms with Crippen LogP contribution in [0.15, 0.2) is 211 Å².